The molecule has 0 unspecified atom stereocenters. The molecule has 5 nitrogen and oxygen atoms in total. The van der Waals surface area contributed by atoms with Gasteiger partial charge in [0.05, 0.1) is 5.02 Å². The molecule has 0 spiro atoms. The van der Waals surface area contributed by atoms with Crippen LogP contribution in [-0.4, -0.2) is 11.8 Å². The first-order valence-electron chi connectivity index (χ1n) is 10.1. The molecule has 0 aliphatic rings. The molecule has 0 aliphatic heterocycles. The zero-order valence-electron chi connectivity index (χ0n) is 17.0. The van der Waals surface area contributed by atoms with Crippen molar-refractivity contribution in [2.24, 2.45) is 0 Å². The quantitative estimate of drug-likeness (QED) is 0.340. The van der Waals surface area contributed by atoms with Crippen LogP contribution in [0.1, 0.15) is 29.0 Å². The zero-order valence-corrected chi connectivity index (χ0v) is 17.8. The molecule has 0 saturated carbocycles. The van der Waals surface area contributed by atoms with E-state index in [2.05, 4.69) is 10.6 Å². The summed E-state index contributed by atoms with van der Waals surface area (Å²) in [5.74, 6) is -1.42. The Labute approximate surface area is 189 Å². The highest BCUT2D eigenvalue weighted by Gasteiger charge is 2.22. The molecule has 1 heterocycles. The number of halogens is 2. The fourth-order valence-corrected chi connectivity index (χ4v) is 3.57. The van der Waals surface area contributed by atoms with E-state index in [0.29, 0.717) is 35.2 Å². The predicted octanol–water partition coefficient (Wildman–Crippen LogP) is 6.44. The highest BCUT2D eigenvalue weighted by molar-refractivity contribution is 6.31. The molecular weight excluding hydrogens is 431 g/mol. The van der Waals surface area contributed by atoms with Crippen molar-refractivity contribution in [3.05, 3.63) is 95.0 Å². The van der Waals surface area contributed by atoms with Crippen LogP contribution in [0.25, 0.3) is 11.0 Å². The molecular formula is C25H20ClFN2O3. The minimum atomic E-state index is -0.586. The van der Waals surface area contributed by atoms with Gasteiger partial charge in [0, 0.05) is 17.5 Å². The van der Waals surface area contributed by atoms with E-state index in [1.807, 2.05) is 30.3 Å². The lowest BCUT2D eigenvalue weighted by Gasteiger charge is -2.08. The highest BCUT2D eigenvalue weighted by Crippen LogP contribution is 2.32. The topological polar surface area (TPSA) is 71.3 Å². The van der Waals surface area contributed by atoms with Gasteiger partial charge in [-0.1, -0.05) is 54.1 Å². The number of anilines is 2. The molecule has 32 heavy (non-hydrogen) atoms. The monoisotopic (exact) mass is 450 g/mol. The lowest BCUT2D eigenvalue weighted by atomic mass is 10.1. The third kappa shape index (κ3) is 4.98. The molecule has 3 aromatic carbocycles. The van der Waals surface area contributed by atoms with Gasteiger partial charge in [-0.3, -0.25) is 9.59 Å². The second-order valence-corrected chi connectivity index (χ2v) is 7.68. The third-order valence-electron chi connectivity index (χ3n) is 4.96. The van der Waals surface area contributed by atoms with Crippen LogP contribution >= 0.6 is 11.6 Å². The molecule has 4 aromatic rings. The van der Waals surface area contributed by atoms with Crippen molar-refractivity contribution in [2.75, 3.05) is 10.6 Å². The van der Waals surface area contributed by atoms with E-state index in [1.165, 1.54) is 12.1 Å². The van der Waals surface area contributed by atoms with Gasteiger partial charge in [0.15, 0.2) is 0 Å². The number of hydrogen-bond donors (Lipinski definition) is 2. The van der Waals surface area contributed by atoms with Crippen LogP contribution in [0.2, 0.25) is 5.02 Å². The standard InChI is InChI=1S/C25H20ClFN2O3/c26-19-15-17(13-14-20(19)27)28-25(31)24-23(18-10-4-5-11-21(18)32-24)29-22(30)12-6-9-16-7-2-1-3-8-16/h1-5,7-8,10-11,13-15H,6,9,12H2,(H,28,31)(H,29,30). The third-order valence-corrected chi connectivity index (χ3v) is 5.25. The fourth-order valence-electron chi connectivity index (χ4n) is 3.39. The maximum Gasteiger partial charge on any atom is 0.293 e. The summed E-state index contributed by atoms with van der Waals surface area (Å²) in [4.78, 5) is 25.5. The number of fused-ring (bicyclic) bond motifs is 1. The van der Waals surface area contributed by atoms with Crippen LogP contribution in [0, 0.1) is 5.82 Å². The van der Waals surface area contributed by atoms with Crippen molar-refractivity contribution in [3.8, 4) is 0 Å². The Morgan fingerprint density at radius 2 is 1.69 bits per heavy atom. The van der Waals surface area contributed by atoms with Crippen LogP contribution in [0.4, 0.5) is 15.8 Å². The van der Waals surface area contributed by atoms with Crippen molar-refractivity contribution in [1.29, 1.82) is 0 Å². The maximum absolute atomic E-state index is 13.4. The first-order chi connectivity index (χ1) is 15.5. The number of carbonyl (C=O) groups is 2. The van der Waals surface area contributed by atoms with Crippen LogP contribution in [-0.2, 0) is 11.2 Å². The van der Waals surface area contributed by atoms with Crippen molar-refractivity contribution in [2.45, 2.75) is 19.3 Å². The van der Waals surface area contributed by atoms with Gasteiger partial charge < -0.3 is 15.1 Å². The molecule has 2 amide bonds. The van der Waals surface area contributed by atoms with Crippen molar-refractivity contribution >= 4 is 45.8 Å². The van der Waals surface area contributed by atoms with E-state index in [-0.39, 0.29) is 16.7 Å². The molecule has 162 valence electrons. The molecule has 0 radical (unpaired) electrons. The Balaban J connectivity index is 1.51. The van der Waals surface area contributed by atoms with Gasteiger partial charge in [-0.15, -0.1) is 0 Å². The van der Waals surface area contributed by atoms with E-state index in [1.54, 1.807) is 24.3 Å². The van der Waals surface area contributed by atoms with E-state index in [9.17, 15) is 14.0 Å². The number of rotatable bonds is 7. The Morgan fingerprint density at radius 3 is 2.47 bits per heavy atom. The number of carbonyl (C=O) groups excluding carboxylic acids is 2. The molecule has 0 aliphatic carbocycles. The van der Waals surface area contributed by atoms with Gasteiger partial charge >= 0.3 is 0 Å². The van der Waals surface area contributed by atoms with E-state index < -0.39 is 11.7 Å². The maximum atomic E-state index is 13.4. The van der Waals surface area contributed by atoms with Gasteiger partial charge in [-0.2, -0.15) is 0 Å². The number of amides is 2. The van der Waals surface area contributed by atoms with Gasteiger partial charge in [-0.25, -0.2) is 4.39 Å². The summed E-state index contributed by atoms with van der Waals surface area (Å²) in [6, 6.07) is 20.8. The lowest BCUT2D eigenvalue weighted by molar-refractivity contribution is -0.116. The Hall–Kier alpha value is -3.64. The number of nitrogens with one attached hydrogen (secondary N) is 2. The summed E-state index contributed by atoms with van der Waals surface area (Å²) in [6.07, 6.45) is 1.74. The van der Waals surface area contributed by atoms with E-state index >= 15 is 0 Å². The molecule has 0 fully saturated rings. The zero-order chi connectivity index (χ0) is 22.5. The first kappa shape index (κ1) is 21.6. The van der Waals surface area contributed by atoms with Crippen molar-refractivity contribution in [3.63, 3.8) is 0 Å². The second-order valence-electron chi connectivity index (χ2n) is 7.27. The lowest BCUT2D eigenvalue weighted by Crippen LogP contribution is -2.17. The minimum absolute atomic E-state index is 0.0388. The summed E-state index contributed by atoms with van der Waals surface area (Å²) < 4.78 is 19.1. The molecule has 0 bridgehead atoms. The fraction of sp³-hybridized carbons (Fsp3) is 0.120. The Kier molecular flexibility index (Phi) is 6.52. The summed E-state index contributed by atoms with van der Waals surface area (Å²) in [5.41, 5.74) is 2.24. The Bertz CT molecular complexity index is 1270. The van der Waals surface area contributed by atoms with E-state index in [4.69, 9.17) is 16.0 Å². The SMILES string of the molecule is O=C(CCCc1ccccc1)Nc1c(C(=O)Nc2ccc(F)c(Cl)c2)oc2ccccc12. The van der Waals surface area contributed by atoms with Crippen molar-refractivity contribution in [1.82, 2.24) is 0 Å². The highest BCUT2D eigenvalue weighted by atomic mass is 35.5. The minimum Gasteiger partial charge on any atom is -0.449 e. The number of furan rings is 1. The summed E-state index contributed by atoms with van der Waals surface area (Å²) >= 11 is 5.79. The Morgan fingerprint density at radius 1 is 0.938 bits per heavy atom. The van der Waals surface area contributed by atoms with Gasteiger partial charge in [0.2, 0.25) is 11.7 Å². The number of benzene rings is 3. The number of aryl methyl sites for hydroxylation is 1. The molecule has 0 atom stereocenters. The van der Waals surface area contributed by atoms with Gasteiger partial charge in [0.1, 0.15) is 17.1 Å². The predicted molar refractivity (Wildman–Crippen MR) is 124 cm³/mol. The largest absolute Gasteiger partial charge is 0.449 e. The van der Waals surface area contributed by atoms with Crippen LogP contribution < -0.4 is 10.6 Å². The van der Waals surface area contributed by atoms with Crippen LogP contribution in [0.3, 0.4) is 0 Å². The smallest absolute Gasteiger partial charge is 0.293 e. The molecule has 1 aromatic heterocycles. The molecule has 0 saturated heterocycles. The van der Waals surface area contributed by atoms with E-state index in [0.717, 1.165) is 18.1 Å². The normalized spacial score (nSPS) is 10.8. The van der Waals surface area contributed by atoms with Crippen LogP contribution in [0.15, 0.2) is 77.2 Å². The van der Waals surface area contributed by atoms with Crippen LogP contribution in [0.5, 0.6) is 0 Å². The molecule has 2 N–H and O–H groups in total. The first-order valence-corrected chi connectivity index (χ1v) is 10.5. The average Bonchev–Trinajstić information content (AvgIpc) is 3.15. The second kappa shape index (κ2) is 9.66. The molecule has 4 rings (SSSR count). The number of para-hydroxylation sites is 1. The van der Waals surface area contributed by atoms with Crippen molar-refractivity contribution < 1.29 is 18.4 Å². The number of hydrogen-bond acceptors (Lipinski definition) is 3. The van der Waals surface area contributed by atoms with Gasteiger partial charge in [-0.05, 0) is 48.7 Å². The average molecular weight is 451 g/mol. The molecule has 7 heteroatoms. The van der Waals surface area contributed by atoms with Gasteiger partial charge in [0.25, 0.3) is 5.91 Å². The summed E-state index contributed by atoms with van der Waals surface area (Å²) in [6.45, 7) is 0. The summed E-state index contributed by atoms with van der Waals surface area (Å²) in [5, 5.41) is 5.96. The summed E-state index contributed by atoms with van der Waals surface area (Å²) in [7, 11) is 0.